The average Bonchev–Trinajstić information content (AvgIpc) is 3.01. The quantitative estimate of drug-likeness (QED) is 0.790. The number of benzene rings is 1. The van der Waals surface area contributed by atoms with E-state index in [4.69, 9.17) is 10.5 Å². The molecule has 1 aromatic heterocycles. The van der Waals surface area contributed by atoms with Crippen molar-refractivity contribution in [2.24, 2.45) is 5.73 Å². The molecule has 9 heteroatoms. The highest BCUT2D eigenvalue weighted by molar-refractivity contribution is 5.91. The first-order valence-electron chi connectivity index (χ1n) is 7.50. The van der Waals surface area contributed by atoms with E-state index in [1.54, 1.807) is 0 Å². The van der Waals surface area contributed by atoms with Gasteiger partial charge in [0.2, 0.25) is 0 Å². The molecule has 0 saturated carbocycles. The van der Waals surface area contributed by atoms with Gasteiger partial charge in [0.25, 0.3) is 5.91 Å². The smallest absolute Gasteiger partial charge is 0.323 e. The first kappa shape index (κ1) is 17.8. The lowest BCUT2D eigenvalue weighted by molar-refractivity contribution is -0.0487. The molecule has 1 amide bonds. The number of carbonyl (C=O) groups is 1. The van der Waals surface area contributed by atoms with E-state index < -0.39 is 36.4 Å². The number of ether oxygens (including phenoxy) is 1. The number of fused-ring (bicyclic) bond motifs is 3. The van der Waals surface area contributed by atoms with Gasteiger partial charge < -0.3 is 15.6 Å². The molecule has 0 bridgehead atoms. The van der Waals surface area contributed by atoms with Gasteiger partial charge in [-0.15, -0.1) is 0 Å². The molecule has 2 aromatic rings. The molecule has 0 aliphatic carbocycles. The highest BCUT2D eigenvalue weighted by Crippen LogP contribution is 2.37. The van der Waals surface area contributed by atoms with Crippen LogP contribution in [0.2, 0.25) is 0 Å². The fourth-order valence-corrected chi connectivity index (χ4v) is 2.31. The minimum Gasteiger partial charge on any atom is -0.485 e. The van der Waals surface area contributed by atoms with Crippen molar-refractivity contribution in [3.63, 3.8) is 0 Å². The second-order valence-corrected chi connectivity index (χ2v) is 6.02. The summed E-state index contributed by atoms with van der Waals surface area (Å²) < 4.78 is 47.3. The number of nitrogens with two attached hydrogens (primary N) is 1. The van der Waals surface area contributed by atoms with Gasteiger partial charge in [-0.3, -0.25) is 4.79 Å². The van der Waals surface area contributed by atoms with E-state index in [1.165, 1.54) is 25.1 Å². The number of aliphatic hydroxyl groups is 1. The highest BCUT2D eigenvalue weighted by atomic mass is 19.3. The van der Waals surface area contributed by atoms with Crippen LogP contribution in [0.3, 0.4) is 0 Å². The van der Waals surface area contributed by atoms with Crippen molar-refractivity contribution in [1.29, 1.82) is 0 Å². The fourth-order valence-electron chi connectivity index (χ4n) is 2.31. The van der Waals surface area contributed by atoms with Crippen molar-refractivity contribution in [2.75, 3.05) is 13.3 Å². The largest absolute Gasteiger partial charge is 0.485 e. The van der Waals surface area contributed by atoms with E-state index >= 15 is 0 Å². The number of hydrogen-bond acceptors (Lipinski definition) is 4. The minimum absolute atomic E-state index is 0.102. The SMILES string of the molecule is C[C@@](O)(C#Cc1ccc2c(c1)-n1nc(C(N)=O)cc1C(F)(F)CO2)CF. The lowest BCUT2D eigenvalue weighted by Crippen LogP contribution is -2.23. The van der Waals surface area contributed by atoms with Gasteiger partial charge in [0, 0.05) is 5.56 Å². The van der Waals surface area contributed by atoms with Crippen LogP contribution in [-0.4, -0.2) is 39.7 Å². The van der Waals surface area contributed by atoms with E-state index in [-0.39, 0.29) is 17.1 Å². The van der Waals surface area contributed by atoms with Crippen LogP contribution in [0.4, 0.5) is 13.2 Å². The van der Waals surface area contributed by atoms with Crippen LogP contribution >= 0.6 is 0 Å². The predicted molar refractivity (Wildman–Crippen MR) is 84.9 cm³/mol. The van der Waals surface area contributed by atoms with Crippen molar-refractivity contribution >= 4 is 5.91 Å². The molecule has 0 unspecified atom stereocenters. The van der Waals surface area contributed by atoms with E-state index in [0.29, 0.717) is 5.56 Å². The first-order chi connectivity index (χ1) is 12.1. The van der Waals surface area contributed by atoms with Gasteiger partial charge in [0.15, 0.2) is 17.9 Å². The fraction of sp³-hybridized carbons (Fsp3) is 0.294. The van der Waals surface area contributed by atoms with Crippen molar-refractivity contribution in [3.8, 4) is 23.3 Å². The summed E-state index contributed by atoms with van der Waals surface area (Å²) in [5.74, 6) is 0.678. The van der Waals surface area contributed by atoms with Gasteiger partial charge in [-0.1, -0.05) is 11.8 Å². The number of amides is 1. The molecule has 0 spiro atoms. The van der Waals surface area contributed by atoms with Gasteiger partial charge in [0.1, 0.15) is 23.8 Å². The minimum atomic E-state index is -3.40. The van der Waals surface area contributed by atoms with Crippen LogP contribution in [0.15, 0.2) is 24.3 Å². The van der Waals surface area contributed by atoms with Crippen molar-refractivity contribution in [3.05, 3.63) is 41.2 Å². The molecule has 3 N–H and O–H groups in total. The monoisotopic (exact) mass is 365 g/mol. The van der Waals surface area contributed by atoms with Crippen LogP contribution in [0.5, 0.6) is 5.75 Å². The number of primary amides is 1. The van der Waals surface area contributed by atoms with E-state index in [2.05, 4.69) is 16.9 Å². The zero-order chi connectivity index (χ0) is 19.1. The maximum Gasteiger partial charge on any atom is 0.323 e. The second kappa shape index (κ2) is 6.07. The second-order valence-electron chi connectivity index (χ2n) is 6.02. The Labute approximate surface area is 146 Å². The Hall–Kier alpha value is -2.99. The third-order valence-corrected chi connectivity index (χ3v) is 3.67. The number of aromatic nitrogens is 2. The number of nitrogens with zero attached hydrogens (tertiary/aromatic N) is 2. The Morgan fingerprint density at radius 3 is 2.88 bits per heavy atom. The maximum absolute atomic E-state index is 14.3. The molecular formula is C17H14F3N3O3. The third kappa shape index (κ3) is 3.23. The molecule has 1 aliphatic heterocycles. The summed E-state index contributed by atoms with van der Waals surface area (Å²) in [4.78, 5) is 11.3. The Balaban J connectivity index is 2.15. The van der Waals surface area contributed by atoms with Crippen molar-refractivity contribution < 1.29 is 27.8 Å². The number of halogens is 3. The summed E-state index contributed by atoms with van der Waals surface area (Å²) >= 11 is 0. The van der Waals surface area contributed by atoms with Crippen LogP contribution < -0.4 is 10.5 Å². The Morgan fingerprint density at radius 1 is 1.50 bits per heavy atom. The molecule has 1 aromatic carbocycles. The highest BCUT2D eigenvalue weighted by Gasteiger charge is 2.41. The molecule has 3 rings (SSSR count). The van der Waals surface area contributed by atoms with Crippen LogP contribution in [0.1, 0.15) is 28.7 Å². The van der Waals surface area contributed by atoms with Gasteiger partial charge in [-0.2, -0.15) is 13.9 Å². The number of rotatable bonds is 2. The Bertz CT molecular complexity index is 942. The zero-order valence-electron chi connectivity index (χ0n) is 13.6. The molecular weight excluding hydrogens is 351 g/mol. The number of hydrogen-bond donors (Lipinski definition) is 2. The number of carbonyl (C=O) groups excluding carboxylic acids is 1. The average molecular weight is 365 g/mol. The predicted octanol–water partition coefficient (Wildman–Crippen LogP) is 1.53. The van der Waals surface area contributed by atoms with E-state index in [9.17, 15) is 23.1 Å². The van der Waals surface area contributed by atoms with Crippen LogP contribution in [0.25, 0.3) is 5.69 Å². The van der Waals surface area contributed by atoms with E-state index in [0.717, 1.165) is 10.7 Å². The normalized spacial score (nSPS) is 16.8. The van der Waals surface area contributed by atoms with E-state index in [1.807, 2.05) is 0 Å². The van der Waals surface area contributed by atoms with Gasteiger partial charge in [-0.05, 0) is 31.2 Å². The van der Waals surface area contributed by atoms with Crippen LogP contribution in [-0.2, 0) is 5.92 Å². The zero-order valence-corrected chi connectivity index (χ0v) is 13.6. The molecule has 6 nitrogen and oxygen atoms in total. The molecule has 0 radical (unpaired) electrons. The third-order valence-electron chi connectivity index (χ3n) is 3.67. The lowest BCUT2D eigenvalue weighted by atomic mass is 10.1. The Morgan fingerprint density at radius 2 is 2.23 bits per heavy atom. The summed E-state index contributed by atoms with van der Waals surface area (Å²) in [6.07, 6.45) is 0. The van der Waals surface area contributed by atoms with Crippen molar-refractivity contribution in [1.82, 2.24) is 9.78 Å². The standard InChI is InChI=1S/C17H14F3N3O3/c1-16(25,8-18)5-4-10-2-3-13-12(6-10)23-14(17(19,20)9-26-13)7-11(22-23)15(21)24/h2-3,6-7,25H,8-9H2,1H3,(H2,21,24)/t16-/m1/s1. The lowest BCUT2D eigenvalue weighted by Gasteiger charge is -2.12. The maximum atomic E-state index is 14.3. The molecule has 26 heavy (non-hydrogen) atoms. The summed E-state index contributed by atoms with van der Waals surface area (Å²) in [7, 11) is 0. The topological polar surface area (TPSA) is 90.4 Å². The first-order valence-corrected chi connectivity index (χ1v) is 7.50. The summed E-state index contributed by atoms with van der Waals surface area (Å²) in [5, 5.41) is 13.5. The summed E-state index contributed by atoms with van der Waals surface area (Å²) in [6, 6.07) is 5.18. The Kier molecular flexibility index (Phi) is 4.16. The summed E-state index contributed by atoms with van der Waals surface area (Å²) in [6.45, 7) is -0.797. The molecule has 0 saturated heterocycles. The molecule has 2 heterocycles. The molecule has 1 aliphatic rings. The summed E-state index contributed by atoms with van der Waals surface area (Å²) in [5.41, 5.74) is 2.88. The molecule has 136 valence electrons. The van der Waals surface area contributed by atoms with Gasteiger partial charge >= 0.3 is 5.92 Å². The van der Waals surface area contributed by atoms with Gasteiger partial charge in [-0.25, -0.2) is 9.07 Å². The van der Waals surface area contributed by atoms with Crippen LogP contribution in [0, 0.1) is 11.8 Å². The molecule has 1 atom stereocenters. The molecule has 0 fully saturated rings. The number of alkyl halides is 3. The van der Waals surface area contributed by atoms with Gasteiger partial charge in [0.05, 0.1) is 0 Å². The van der Waals surface area contributed by atoms with Crippen molar-refractivity contribution in [2.45, 2.75) is 18.4 Å².